The minimum Gasteiger partial charge on any atom is -0.444 e. The molecule has 7 nitrogen and oxygen atoms in total. The molecule has 2 rings (SSSR count). The first-order valence-electron chi connectivity index (χ1n) is 9.16. The normalized spacial score (nSPS) is 24.5. The van der Waals surface area contributed by atoms with Crippen LogP contribution in [0.3, 0.4) is 0 Å². The van der Waals surface area contributed by atoms with Crippen LogP contribution in [0, 0.1) is 24.2 Å². The molecule has 0 radical (unpaired) electrons. The van der Waals surface area contributed by atoms with Crippen molar-refractivity contribution in [1.29, 1.82) is 0 Å². The van der Waals surface area contributed by atoms with Gasteiger partial charge in [0.05, 0.1) is 0 Å². The summed E-state index contributed by atoms with van der Waals surface area (Å²) < 4.78 is 10.3. The molecule has 2 fully saturated rings. The molecular formula is C19H28N2O5. The van der Waals surface area contributed by atoms with E-state index in [9.17, 15) is 14.4 Å². The maximum absolute atomic E-state index is 12.6. The molecule has 144 valence electrons. The van der Waals surface area contributed by atoms with Gasteiger partial charge in [-0.1, -0.05) is 12.8 Å². The number of nitrogens with one attached hydrogen (secondary N) is 2. The lowest BCUT2D eigenvalue weighted by Crippen LogP contribution is -2.49. The van der Waals surface area contributed by atoms with Crippen molar-refractivity contribution in [2.75, 3.05) is 6.54 Å². The Labute approximate surface area is 154 Å². The van der Waals surface area contributed by atoms with E-state index in [0.29, 0.717) is 13.0 Å². The number of carbonyl (C=O) groups is 3. The number of alkyl carbamates (subject to hydrolysis) is 1. The number of rotatable bonds is 4. The SMILES string of the molecule is C#C[C@H]1CCN[C@@H]1C(=O)OC(=O)[C@@H](NC(=O)OC(C)(C)C)C1CCCC1. The lowest BCUT2D eigenvalue weighted by atomic mass is 9.98. The van der Waals surface area contributed by atoms with Crippen LogP contribution in [0.5, 0.6) is 0 Å². The monoisotopic (exact) mass is 364 g/mol. The number of amides is 1. The first kappa shape index (κ1) is 20.2. The third kappa shape index (κ3) is 5.46. The number of carbonyl (C=O) groups excluding carboxylic acids is 3. The van der Waals surface area contributed by atoms with Crippen LogP contribution in [0.2, 0.25) is 0 Å². The van der Waals surface area contributed by atoms with E-state index in [0.717, 1.165) is 25.7 Å². The van der Waals surface area contributed by atoms with Crippen LogP contribution in [0.25, 0.3) is 0 Å². The number of terminal acetylenes is 1. The van der Waals surface area contributed by atoms with E-state index in [4.69, 9.17) is 15.9 Å². The molecule has 0 unspecified atom stereocenters. The van der Waals surface area contributed by atoms with E-state index in [2.05, 4.69) is 16.6 Å². The highest BCUT2D eigenvalue weighted by Gasteiger charge is 2.39. The van der Waals surface area contributed by atoms with E-state index in [1.807, 2.05) is 0 Å². The Bertz CT molecular complexity index is 584. The van der Waals surface area contributed by atoms with Crippen molar-refractivity contribution in [1.82, 2.24) is 10.6 Å². The summed E-state index contributed by atoms with van der Waals surface area (Å²) in [6.45, 7) is 5.82. The van der Waals surface area contributed by atoms with Crippen molar-refractivity contribution in [3.63, 3.8) is 0 Å². The predicted octanol–water partition coefficient (Wildman–Crippen LogP) is 1.75. The minimum atomic E-state index is -0.901. The Morgan fingerprint density at radius 2 is 1.85 bits per heavy atom. The van der Waals surface area contributed by atoms with Crippen LogP contribution in [-0.2, 0) is 19.1 Å². The van der Waals surface area contributed by atoms with Gasteiger partial charge in [0.2, 0.25) is 0 Å². The van der Waals surface area contributed by atoms with E-state index < -0.39 is 35.7 Å². The highest BCUT2D eigenvalue weighted by atomic mass is 16.6. The number of ether oxygens (including phenoxy) is 2. The number of hydrogen-bond acceptors (Lipinski definition) is 6. The second-order valence-electron chi connectivity index (χ2n) is 7.90. The molecule has 1 amide bonds. The Morgan fingerprint density at radius 1 is 1.19 bits per heavy atom. The van der Waals surface area contributed by atoms with E-state index in [-0.39, 0.29) is 11.8 Å². The summed E-state index contributed by atoms with van der Waals surface area (Å²) in [5.41, 5.74) is -0.683. The second-order valence-corrected chi connectivity index (χ2v) is 7.90. The standard InChI is InChI=1S/C19H28N2O5/c1-5-12-10-11-20-14(12)16(22)25-17(23)15(13-8-6-7-9-13)21-18(24)26-19(2,3)4/h1,12-15,20H,6-11H2,2-4H3,(H,21,24)/t12-,14-,15-/m0/s1. The average Bonchev–Trinajstić information content (AvgIpc) is 3.21. The Hall–Kier alpha value is -2.07. The summed E-state index contributed by atoms with van der Waals surface area (Å²) in [5, 5.41) is 5.55. The van der Waals surface area contributed by atoms with Crippen LogP contribution < -0.4 is 10.6 Å². The molecule has 0 aromatic heterocycles. The minimum absolute atomic E-state index is 0.0669. The van der Waals surface area contributed by atoms with Crippen LogP contribution in [-0.4, -0.2) is 42.3 Å². The van der Waals surface area contributed by atoms with Crippen LogP contribution >= 0.6 is 0 Å². The zero-order valence-electron chi connectivity index (χ0n) is 15.7. The fourth-order valence-electron chi connectivity index (χ4n) is 3.45. The summed E-state index contributed by atoms with van der Waals surface area (Å²) >= 11 is 0. The van der Waals surface area contributed by atoms with Gasteiger partial charge >= 0.3 is 18.0 Å². The van der Waals surface area contributed by atoms with Gasteiger partial charge in [-0.3, -0.25) is 0 Å². The molecule has 1 aliphatic heterocycles. The summed E-state index contributed by atoms with van der Waals surface area (Å²) in [4.78, 5) is 37.0. The van der Waals surface area contributed by atoms with Crippen LogP contribution in [0.1, 0.15) is 52.9 Å². The van der Waals surface area contributed by atoms with Gasteiger partial charge in [0.25, 0.3) is 0 Å². The van der Waals surface area contributed by atoms with Gasteiger partial charge in [-0.2, -0.15) is 0 Å². The molecule has 3 atom stereocenters. The van der Waals surface area contributed by atoms with Crippen molar-refractivity contribution in [2.45, 2.75) is 70.6 Å². The van der Waals surface area contributed by atoms with E-state index in [1.165, 1.54) is 0 Å². The molecule has 0 aromatic rings. The quantitative estimate of drug-likeness (QED) is 0.448. The molecular weight excluding hydrogens is 336 g/mol. The van der Waals surface area contributed by atoms with Crippen molar-refractivity contribution in [3.8, 4) is 12.3 Å². The first-order valence-corrected chi connectivity index (χ1v) is 9.16. The molecule has 2 aliphatic rings. The van der Waals surface area contributed by atoms with E-state index >= 15 is 0 Å². The fraction of sp³-hybridized carbons (Fsp3) is 0.737. The summed E-state index contributed by atoms with van der Waals surface area (Å²) in [6, 6.07) is -1.59. The lowest BCUT2D eigenvalue weighted by molar-refractivity contribution is -0.163. The highest BCUT2D eigenvalue weighted by molar-refractivity contribution is 5.93. The molecule has 0 aromatic carbocycles. The molecule has 2 N–H and O–H groups in total. The molecule has 0 spiro atoms. The number of esters is 2. The molecule has 1 heterocycles. The Balaban J connectivity index is 2.02. The van der Waals surface area contributed by atoms with Crippen LogP contribution in [0.15, 0.2) is 0 Å². The van der Waals surface area contributed by atoms with Crippen LogP contribution in [0.4, 0.5) is 4.79 Å². The molecule has 0 bridgehead atoms. The average molecular weight is 364 g/mol. The highest BCUT2D eigenvalue weighted by Crippen LogP contribution is 2.29. The molecule has 1 saturated heterocycles. The maximum atomic E-state index is 12.6. The zero-order valence-corrected chi connectivity index (χ0v) is 15.7. The summed E-state index contributed by atoms with van der Waals surface area (Å²) in [6.07, 6.45) is 8.91. The van der Waals surface area contributed by atoms with Gasteiger partial charge < -0.3 is 20.1 Å². The van der Waals surface area contributed by atoms with Gasteiger partial charge in [0.1, 0.15) is 17.7 Å². The number of hydrogen-bond donors (Lipinski definition) is 2. The maximum Gasteiger partial charge on any atom is 0.408 e. The van der Waals surface area contributed by atoms with Gasteiger partial charge in [0.15, 0.2) is 0 Å². The second kappa shape index (κ2) is 8.54. The molecule has 1 aliphatic carbocycles. The fourth-order valence-corrected chi connectivity index (χ4v) is 3.45. The predicted molar refractivity (Wildman–Crippen MR) is 94.9 cm³/mol. The van der Waals surface area contributed by atoms with Gasteiger partial charge in [0, 0.05) is 5.92 Å². The Kier molecular flexibility index (Phi) is 6.65. The lowest BCUT2D eigenvalue weighted by Gasteiger charge is -2.26. The topological polar surface area (TPSA) is 93.7 Å². The van der Waals surface area contributed by atoms with Crippen molar-refractivity contribution in [2.24, 2.45) is 11.8 Å². The molecule has 26 heavy (non-hydrogen) atoms. The third-order valence-electron chi connectivity index (χ3n) is 4.69. The van der Waals surface area contributed by atoms with E-state index in [1.54, 1.807) is 20.8 Å². The largest absolute Gasteiger partial charge is 0.444 e. The summed E-state index contributed by atoms with van der Waals surface area (Å²) in [7, 11) is 0. The third-order valence-corrected chi connectivity index (χ3v) is 4.69. The van der Waals surface area contributed by atoms with Crippen molar-refractivity contribution < 1.29 is 23.9 Å². The Morgan fingerprint density at radius 3 is 2.42 bits per heavy atom. The molecule has 7 heteroatoms. The zero-order chi connectivity index (χ0) is 19.3. The summed E-state index contributed by atoms with van der Waals surface area (Å²) in [5.74, 6) is 0.744. The first-order chi connectivity index (χ1) is 12.2. The van der Waals surface area contributed by atoms with Gasteiger partial charge in [-0.05, 0) is 52.5 Å². The van der Waals surface area contributed by atoms with Gasteiger partial charge in [-0.25, -0.2) is 14.4 Å². The van der Waals surface area contributed by atoms with Gasteiger partial charge in [-0.15, -0.1) is 12.3 Å². The smallest absolute Gasteiger partial charge is 0.408 e. The van der Waals surface area contributed by atoms with Crippen molar-refractivity contribution >= 4 is 18.0 Å². The molecule has 1 saturated carbocycles. The van der Waals surface area contributed by atoms with Crippen molar-refractivity contribution in [3.05, 3.63) is 0 Å².